The van der Waals surface area contributed by atoms with Crippen LogP contribution in [0.1, 0.15) is 57.2 Å². The zero-order chi connectivity index (χ0) is 15.1. The second-order valence-electron chi connectivity index (χ2n) is 5.65. The van der Waals surface area contributed by atoms with Crippen LogP contribution < -0.4 is 10.1 Å². The second kappa shape index (κ2) is 8.40. The monoisotopic (exact) mass is 291 g/mol. The molecule has 0 saturated carbocycles. The Morgan fingerprint density at radius 2 is 2.10 bits per heavy atom. The first-order valence-corrected chi connectivity index (χ1v) is 8.41. The largest absolute Gasteiger partial charge is 0.493 e. The van der Waals surface area contributed by atoms with Crippen LogP contribution in [-0.2, 0) is 11.2 Å². The van der Waals surface area contributed by atoms with Gasteiger partial charge in [-0.05, 0) is 31.9 Å². The van der Waals surface area contributed by atoms with E-state index in [4.69, 9.17) is 9.47 Å². The van der Waals surface area contributed by atoms with E-state index in [9.17, 15) is 0 Å². The number of fused-ring (bicyclic) bond motifs is 1. The molecule has 1 aliphatic rings. The summed E-state index contributed by atoms with van der Waals surface area (Å²) in [4.78, 5) is 0. The van der Waals surface area contributed by atoms with Crippen LogP contribution in [0.4, 0.5) is 0 Å². The van der Waals surface area contributed by atoms with Crippen molar-refractivity contribution in [3.05, 3.63) is 29.3 Å². The van der Waals surface area contributed by atoms with Crippen molar-refractivity contribution in [2.45, 2.75) is 58.6 Å². The molecule has 2 unspecified atom stereocenters. The molecule has 0 aliphatic carbocycles. The summed E-state index contributed by atoms with van der Waals surface area (Å²) in [5.41, 5.74) is 2.60. The van der Waals surface area contributed by atoms with Gasteiger partial charge >= 0.3 is 0 Å². The molecular weight excluding hydrogens is 262 g/mol. The van der Waals surface area contributed by atoms with Crippen molar-refractivity contribution >= 4 is 0 Å². The Bertz CT molecular complexity index is 427. The SMILES string of the molecule is CCCNC(c1cccc2c1OCC2)C(CCC)OCC. The Morgan fingerprint density at radius 3 is 2.81 bits per heavy atom. The van der Waals surface area contributed by atoms with Gasteiger partial charge in [0.25, 0.3) is 0 Å². The number of benzene rings is 1. The van der Waals surface area contributed by atoms with Crippen LogP contribution in [0.3, 0.4) is 0 Å². The van der Waals surface area contributed by atoms with Crippen molar-refractivity contribution in [2.24, 2.45) is 0 Å². The Labute approximate surface area is 129 Å². The first-order valence-electron chi connectivity index (χ1n) is 8.41. The summed E-state index contributed by atoms with van der Waals surface area (Å²) in [5.74, 6) is 1.09. The van der Waals surface area contributed by atoms with Gasteiger partial charge in [0, 0.05) is 18.6 Å². The maximum Gasteiger partial charge on any atom is 0.127 e. The van der Waals surface area contributed by atoms with Crippen molar-refractivity contribution in [1.82, 2.24) is 5.32 Å². The van der Waals surface area contributed by atoms with Gasteiger partial charge in [0.2, 0.25) is 0 Å². The van der Waals surface area contributed by atoms with Gasteiger partial charge in [-0.3, -0.25) is 0 Å². The Hall–Kier alpha value is -1.06. The van der Waals surface area contributed by atoms with Crippen molar-refractivity contribution in [3.63, 3.8) is 0 Å². The summed E-state index contributed by atoms with van der Waals surface area (Å²) in [6.07, 6.45) is 4.56. The maximum atomic E-state index is 6.04. The number of nitrogens with one attached hydrogen (secondary N) is 1. The van der Waals surface area contributed by atoms with E-state index in [1.807, 2.05) is 0 Å². The average Bonchev–Trinajstić information content (AvgIpc) is 2.97. The van der Waals surface area contributed by atoms with E-state index in [1.165, 1.54) is 11.1 Å². The van der Waals surface area contributed by atoms with E-state index in [1.54, 1.807) is 0 Å². The lowest BCUT2D eigenvalue weighted by atomic mass is 9.95. The van der Waals surface area contributed by atoms with Crippen molar-refractivity contribution in [1.29, 1.82) is 0 Å². The Balaban J connectivity index is 2.28. The summed E-state index contributed by atoms with van der Waals surface area (Å²) in [5, 5.41) is 3.68. The highest BCUT2D eigenvalue weighted by atomic mass is 16.5. The molecule has 1 aromatic carbocycles. The van der Waals surface area contributed by atoms with Gasteiger partial charge in [0.15, 0.2) is 0 Å². The minimum atomic E-state index is 0.210. The van der Waals surface area contributed by atoms with Crippen molar-refractivity contribution < 1.29 is 9.47 Å². The van der Waals surface area contributed by atoms with Gasteiger partial charge in [-0.2, -0.15) is 0 Å². The van der Waals surface area contributed by atoms with Crippen LogP contribution in [-0.4, -0.2) is 25.9 Å². The summed E-state index contributed by atoms with van der Waals surface area (Å²) < 4.78 is 11.9. The fraction of sp³-hybridized carbons (Fsp3) is 0.667. The molecule has 0 amide bonds. The third kappa shape index (κ3) is 3.98. The zero-order valence-electron chi connectivity index (χ0n) is 13.7. The molecule has 1 heterocycles. The molecular formula is C18H29NO2. The fourth-order valence-corrected chi connectivity index (χ4v) is 3.07. The second-order valence-corrected chi connectivity index (χ2v) is 5.65. The van der Waals surface area contributed by atoms with Crippen molar-refractivity contribution in [2.75, 3.05) is 19.8 Å². The van der Waals surface area contributed by atoms with Gasteiger partial charge in [-0.1, -0.05) is 38.5 Å². The number of rotatable bonds is 9. The summed E-state index contributed by atoms with van der Waals surface area (Å²) in [6.45, 7) is 9.05. The lowest BCUT2D eigenvalue weighted by Crippen LogP contribution is -2.34. The van der Waals surface area contributed by atoms with E-state index < -0.39 is 0 Å². The van der Waals surface area contributed by atoms with Gasteiger partial charge < -0.3 is 14.8 Å². The quantitative estimate of drug-likeness (QED) is 0.749. The van der Waals surface area contributed by atoms with Crippen LogP contribution in [0.15, 0.2) is 18.2 Å². The van der Waals surface area contributed by atoms with E-state index in [0.29, 0.717) is 0 Å². The molecule has 1 aliphatic heterocycles. The lowest BCUT2D eigenvalue weighted by Gasteiger charge is -2.29. The third-order valence-electron chi connectivity index (χ3n) is 4.02. The van der Waals surface area contributed by atoms with E-state index >= 15 is 0 Å². The van der Waals surface area contributed by atoms with Crippen LogP contribution in [0, 0.1) is 0 Å². The van der Waals surface area contributed by atoms with Crippen molar-refractivity contribution in [3.8, 4) is 5.75 Å². The first-order chi connectivity index (χ1) is 10.3. The molecule has 0 radical (unpaired) electrons. The first kappa shape index (κ1) is 16.3. The van der Waals surface area contributed by atoms with Gasteiger partial charge in [-0.25, -0.2) is 0 Å². The summed E-state index contributed by atoms with van der Waals surface area (Å²) in [7, 11) is 0. The predicted molar refractivity (Wildman–Crippen MR) is 87.0 cm³/mol. The molecule has 118 valence electrons. The van der Waals surface area contributed by atoms with E-state index in [0.717, 1.165) is 51.2 Å². The molecule has 0 fully saturated rings. The number of ether oxygens (including phenoxy) is 2. The molecule has 3 nitrogen and oxygen atoms in total. The van der Waals surface area contributed by atoms with Gasteiger partial charge in [0.1, 0.15) is 5.75 Å². The van der Waals surface area contributed by atoms with Gasteiger partial charge in [-0.15, -0.1) is 0 Å². The molecule has 2 atom stereocenters. The highest BCUT2D eigenvalue weighted by molar-refractivity contribution is 5.46. The molecule has 2 rings (SSSR count). The van der Waals surface area contributed by atoms with E-state index in [-0.39, 0.29) is 12.1 Å². The lowest BCUT2D eigenvalue weighted by molar-refractivity contribution is 0.0270. The number of para-hydroxylation sites is 1. The minimum Gasteiger partial charge on any atom is -0.493 e. The zero-order valence-corrected chi connectivity index (χ0v) is 13.7. The summed E-state index contributed by atoms with van der Waals surface area (Å²) >= 11 is 0. The predicted octanol–water partition coefficient (Wildman–Crippen LogP) is 3.87. The summed E-state index contributed by atoms with van der Waals surface area (Å²) in [6, 6.07) is 6.74. The average molecular weight is 291 g/mol. The molecule has 0 spiro atoms. The van der Waals surface area contributed by atoms with E-state index in [2.05, 4.69) is 44.3 Å². The number of hydrogen-bond donors (Lipinski definition) is 1. The Kier molecular flexibility index (Phi) is 6.52. The maximum absolute atomic E-state index is 6.04. The normalized spacial score (nSPS) is 16.3. The van der Waals surface area contributed by atoms with Crippen LogP contribution in [0.5, 0.6) is 5.75 Å². The van der Waals surface area contributed by atoms with Crippen LogP contribution >= 0.6 is 0 Å². The minimum absolute atomic E-state index is 0.210. The molecule has 3 heteroatoms. The Morgan fingerprint density at radius 1 is 1.24 bits per heavy atom. The molecule has 0 saturated heterocycles. The smallest absolute Gasteiger partial charge is 0.127 e. The topological polar surface area (TPSA) is 30.5 Å². The van der Waals surface area contributed by atoms with Gasteiger partial charge in [0.05, 0.1) is 18.8 Å². The molecule has 1 N–H and O–H groups in total. The highest BCUT2D eigenvalue weighted by Crippen LogP contribution is 2.36. The molecule has 0 aromatic heterocycles. The molecule has 1 aromatic rings. The molecule has 21 heavy (non-hydrogen) atoms. The molecule has 0 bridgehead atoms. The van der Waals surface area contributed by atoms with Crippen LogP contribution in [0.2, 0.25) is 0 Å². The number of hydrogen-bond acceptors (Lipinski definition) is 3. The highest BCUT2D eigenvalue weighted by Gasteiger charge is 2.28. The third-order valence-corrected chi connectivity index (χ3v) is 4.02. The van der Waals surface area contributed by atoms with Crippen LogP contribution in [0.25, 0.3) is 0 Å². The fourth-order valence-electron chi connectivity index (χ4n) is 3.07. The standard InChI is InChI=1S/C18H29NO2/c1-4-8-16(20-6-3)17(19-12-5-2)15-10-7-9-14-11-13-21-18(14)15/h7,9-10,16-17,19H,4-6,8,11-13H2,1-3H3.